The molecule has 11 heteroatoms. The zero-order chi connectivity index (χ0) is 35.6. The lowest BCUT2D eigenvalue weighted by molar-refractivity contribution is -0.133. The van der Waals surface area contributed by atoms with Crippen molar-refractivity contribution >= 4 is 23.9 Å². The summed E-state index contributed by atoms with van der Waals surface area (Å²) in [5.74, 6) is -0.243. The molecule has 0 aromatic heterocycles. The van der Waals surface area contributed by atoms with Crippen LogP contribution < -0.4 is 5.32 Å². The van der Waals surface area contributed by atoms with Crippen LogP contribution in [0.5, 0.6) is 0 Å². The van der Waals surface area contributed by atoms with Gasteiger partial charge in [0.05, 0.1) is 18.0 Å². The molecule has 2 atom stereocenters. The van der Waals surface area contributed by atoms with E-state index in [1.54, 1.807) is 25.7 Å². The van der Waals surface area contributed by atoms with Crippen LogP contribution in [-0.2, 0) is 42.1 Å². The first kappa shape index (κ1) is 35.9. The predicted molar refractivity (Wildman–Crippen MR) is 183 cm³/mol. The highest BCUT2D eigenvalue weighted by atomic mass is 16.6. The molecule has 1 spiro atoms. The van der Waals surface area contributed by atoms with Crippen LogP contribution in [0.3, 0.4) is 0 Å². The quantitative estimate of drug-likeness (QED) is 0.450. The Hall–Kier alpha value is -4.43. The second-order valence-electron chi connectivity index (χ2n) is 15.3. The number of Topliss-reactive ketones (excluding diaryl/α,β-unsaturated/α-hetero) is 1. The molecule has 1 aliphatic carbocycles. The van der Waals surface area contributed by atoms with Gasteiger partial charge >= 0.3 is 12.2 Å². The van der Waals surface area contributed by atoms with Crippen LogP contribution in [0, 0.1) is 11.3 Å². The maximum Gasteiger partial charge on any atom is 0.410 e. The Morgan fingerprint density at radius 1 is 0.939 bits per heavy atom. The average Bonchev–Trinajstić information content (AvgIpc) is 3.17. The first-order chi connectivity index (χ1) is 23.1. The molecule has 3 aliphatic rings. The highest BCUT2D eigenvalue weighted by molar-refractivity contribution is 5.97. The third-order valence-electron chi connectivity index (χ3n) is 9.20. The third-order valence-corrected chi connectivity index (χ3v) is 9.20. The number of hydrogen-bond acceptors (Lipinski definition) is 8. The van der Waals surface area contributed by atoms with E-state index in [1.807, 2.05) is 57.2 Å². The molecule has 0 bridgehead atoms. The van der Waals surface area contributed by atoms with Gasteiger partial charge < -0.3 is 29.3 Å². The monoisotopic (exact) mass is 672 g/mol. The lowest BCUT2D eigenvalue weighted by atomic mass is 9.72. The Labute approximate surface area is 288 Å². The Bertz CT molecular complexity index is 1610. The molecule has 0 unspecified atom stereocenters. The van der Waals surface area contributed by atoms with Gasteiger partial charge in [0.15, 0.2) is 6.10 Å². The van der Waals surface area contributed by atoms with Crippen molar-refractivity contribution in [2.45, 2.75) is 102 Å². The smallest absolute Gasteiger partial charge is 0.410 e. The number of ketones is 1. The van der Waals surface area contributed by atoms with Crippen molar-refractivity contribution in [2.24, 2.45) is 0 Å². The van der Waals surface area contributed by atoms with Gasteiger partial charge in [-0.1, -0.05) is 36.4 Å². The van der Waals surface area contributed by atoms with Gasteiger partial charge in [0, 0.05) is 39.1 Å². The van der Waals surface area contributed by atoms with Crippen molar-refractivity contribution < 1.29 is 33.4 Å². The molecule has 5 rings (SSSR count). The lowest BCUT2D eigenvalue weighted by Gasteiger charge is -2.39. The molecule has 2 fully saturated rings. The number of likely N-dealkylation sites (tertiary alicyclic amines) is 1. The van der Waals surface area contributed by atoms with E-state index >= 15 is 0 Å². The van der Waals surface area contributed by atoms with Crippen molar-refractivity contribution in [3.05, 3.63) is 59.2 Å². The Balaban J connectivity index is 1.22. The second kappa shape index (κ2) is 14.2. The standard InChI is InChI=1S/C38H48N4O7/c1-36(2,3)48-34(45)41-17-14-38(15-18-41)30-21-27(12-13-28(30)22-32(38)43)26-10-8-25(9-11-26)20-29(23-39)40-33(44)31-24-42(16-7-19-47-31)35(46)49-37(4,5)6/h8-13,21,29,31H,7,14-20,22,24H2,1-6H3,(H,40,44)/t29-,31-/m0/s1. The van der Waals surface area contributed by atoms with Crippen LogP contribution in [0.1, 0.15) is 77.5 Å². The summed E-state index contributed by atoms with van der Waals surface area (Å²) in [5, 5.41) is 12.7. The molecule has 1 N–H and O–H groups in total. The average molecular weight is 673 g/mol. The van der Waals surface area contributed by atoms with Gasteiger partial charge in [-0.3, -0.25) is 9.59 Å². The molecule has 2 saturated heterocycles. The molecule has 2 aromatic rings. The molecule has 2 aliphatic heterocycles. The van der Waals surface area contributed by atoms with Crippen LogP contribution in [0.4, 0.5) is 9.59 Å². The first-order valence-corrected chi connectivity index (χ1v) is 17.1. The molecule has 0 saturated carbocycles. The van der Waals surface area contributed by atoms with E-state index in [0.29, 0.717) is 58.3 Å². The van der Waals surface area contributed by atoms with Crippen molar-refractivity contribution in [1.29, 1.82) is 5.26 Å². The van der Waals surface area contributed by atoms with E-state index < -0.39 is 40.8 Å². The molecule has 0 radical (unpaired) electrons. The number of fused-ring (bicyclic) bond motifs is 2. The van der Waals surface area contributed by atoms with Gasteiger partial charge in [0.2, 0.25) is 0 Å². The zero-order valence-electron chi connectivity index (χ0n) is 29.5. The van der Waals surface area contributed by atoms with Crippen molar-refractivity contribution in [3.63, 3.8) is 0 Å². The third kappa shape index (κ3) is 8.60. The minimum Gasteiger partial charge on any atom is -0.444 e. The Morgan fingerprint density at radius 2 is 1.55 bits per heavy atom. The van der Waals surface area contributed by atoms with Crippen molar-refractivity contribution in [3.8, 4) is 17.2 Å². The summed E-state index contributed by atoms with van der Waals surface area (Å²) in [4.78, 5) is 55.0. The van der Waals surface area contributed by atoms with Gasteiger partial charge in [-0.15, -0.1) is 0 Å². The number of nitrogens with zero attached hydrogens (tertiary/aromatic N) is 3. The first-order valence-electron chi connectivity index (χ1n) is 17.1. The van der Waals surface area contributed by atoms with Crippen LogP contribution in [0.2, 0.25) is 0 Å². The topological polar surface area (TPSA) is 138 Å². The largest absolute Gasteiger partial charge is 0.444 e. The number of piperidine rings is 1. The lowest BCUT2D eigenvalue weighted by Crippen LogP contribution is -2.48. The van der Waals surface area contributed by atoms with E-state index in [4.69, 9.17) is 14.2 Å². The number of amides is 3. The number of hydrogen-bond donors (Lipinski definition) is 1. The highest BCUT2D eigenvalue weighted by Crippen LogP contribution is 2.45. The molecule has 11 nitrogen and oxygen atoms in total. The molecule has 262 valence electrons. The number of carbonyl (C=O) groups is 4. The van der Waals surface area contributed by atoms with Gasteiger partial charge in [-0.25, -0.2) is 9.59 Å². The van der Waals surface area contributed by atoms with Gasteiger partial charge in [0.25, 0.3) is 5.91 Å². The number of benzene rings is 2. The summed E-state index contributed by atoms with van der Waals surface area (Å²) in [6.45, 7) is 12.6. The van der Waals surface area contributed by atoms with Gasteiger partial charge in [-0.05, 0) is 94.7 Å². The summed E-state index contributed by atoms with van der Waals surface area (Å²) in [7, 11) is 0. The van der Waals surface area contributed by atoms with E-state index in [2.05, 4.69) is 17.5 Å². The maximum atomic E-state index is 13.4. The minimum atomic E-state index is -0.909. The van der Waals surface area contributed by atoms with Crippen LogP contribution in [0.15, 0.2) is 42.5 Å². The number of carbonyl (C=O) groups excluding carboxylic acids is 4. The fourth-order valence-electron chi connectivity index (χ4n) is 6.73. The second-order valence-corrected chi connectivity index (χ2v) is 15.3. The number of nitrogens with one attached hydrogen (secondary N) is 1. The SMILES string of the molecule is CC(C)(C)OC(=O)N1CCC2(CC1)C(=O)Cc1ccc(-c3ccc(C[C@@H](C#N)NC(=O)[C@@H]4CN(C(=O)OC(C)(C)C)CCCO4)cc3)cc12. The highest BCUT2D eigenvalue weighted by Gasteiger charge is 2.48. The Kier molecular flexibility index (Phi) is 10.4. The maximum absolute atomic E-state index is 13.4. The molecular weight excluding hydrogens is 624 g/mol. The molecular formula is C38H48N4O7. The van der Waals surface area contributed by atoms with E-state index in [0.717, 1.165) is 27.8 Å². The summed E-state index contributed by atoms with van der Waals surface area (Å²) in [6.07, 6.45) is 0.635. The summed E-state index contributed by atoms with van der Waals surface area (Å²) < 4.78 is 16.8. The summed E-state index contributed by atoms with van der Waals surface area (Å²) in [5.41, 5.74) is 3.07. The molecule has 2 aromatic carbocycles. The van der Waals surface area contributed by atoms with Crippen LogP contribution in [0.25, 0.3) is 11.1 Å². The van der Waals surface area contributed by atoms with Gasteiger partial charge in [-0.2, -0.15) is 5.26 Å². The Morgan fingerprint density at radius 3 is 2.16 bits per heavy atom. The number of rotatable bonds is 5. The minimum absolute atomic E-state index is 0.0449. The van der Waals surface area contributed by atoms with E-state index in [-0.39, 0.29) is 18.4 Å². The summed E-state index contributed by atoms with van der Waals surface area (Å²) in [6, 6.07) is 15.4. The summed E-state index contributed by atoms with van der Waals surface area (Å²) >= 11 is 0. The normalized spacial score (nSPS) is 19.8. The van der Waals surface area contributed by atoms with Gasteiger partial charge in [0.1, 0.15) is 23.0 Å². The zero-order valence-corrected chi connectivity index (χ0v) is 29.5. The predicted octanol–water partition coefficient (Wildman–Crippen LogP) is 5.32. The van der Waals surface area contributed by atoms with Crippen molar-refractivity contribution in [1.82, 2.24) is 15.1 Å². The molecule has 3 amide bonds. The fraction of sp³-hybridized carbons (Fsp3) is 0.553. The number of nitriles is 1. The van der Waals surface area contributed by atoms with Crippen LogP contribution in [-0.4, -0.2) is 89.8 Å². The fourth-order valence-corrected chi connectivity index (χ4v) is 6.73. The molecule has 49 heavy (non-hydrogen) atoms. The number of ether oxygens (including phenoxy) is 3. The van der Waals surface area contributed by atoms with Crippen LogP contribution >= 0.6 is 0 Å². The molecule has 2 heterocycles. The van der Waals surface area contributed by atoms with E-state index in [1.165, 1.54) is 4.90 Å². The van der Waals surface area contributed by atoms with E-state index in [9.17, 15) is 24.4 Å². The van der Waals surface area contributed by atoms with Crippen molar-refractivity contribution in [2.75, 3.05) is 32.8 Å².